The summed E-state index contributed by atoms with van der Waals surface area (Å²) in [6.45, 7) is 5.92. The third-order valence-electron chi connectivity index (χ3n) is 2.40. The van der Waals surface area contributed by atoms with Gasteiger partial charge in [-0.2, -0.15) is 0 Å². The zero-order chi connectivity index (χ0) is 11.3. The van der Waals surface area contributed by atoms with Crippen molar-refractivity contribution < 1.29 is 4.79 Å². The highest BCUT2D eigenvalue weighted by Gasteiger charge is 2.03. The van der Waals surface area contributed by atoms with Crippen molar-refractivity contribution in [2.24, 2.45) is 0 Å². The van der Waals surface area contributed by atoms with Crippen LogP contribution in [0.1, 0.15) is 44.0 Å². The highest BCUT2D eigenvalue weighted by atomic mass is 16.1. The van der Waals surface area contributed by atoms with Crippen LogP contribution in [-0.4, -0.2) is 11.8 Å². The van der Waals surface area contributed by atoms with Crippen molar-refractivity contribution in [3.8, 4) is 0 Å². The molecule has 1 unspecified atom stereocenters. The number of benzene rings is 1. The Balaban J connectivity index is 2.69. The van der Waals surface area contributed by atoms with Crippen LogP contribution in [-0.2, 0) is 0 Å². The van der Waals surface area contributed by atoms with E-state index in [4.69, 9.17) is 0 Å². The van der Waals surface area contributed by atoms with E-state index < -0.39 is 0 Å². The first kappa shape index (κ1) is 11.8. The quantitative estimate of drug-likeness (QED) is 0.745. The normalized spacial score (nSPS) is 12.2. The van der Waals surface area contributed by atoms with Gasteiger partial charge in [-0.3, -0.25) is 4.79 Å². The molecule has 1 N–H and O–H groups in total. The van der Waals surface area contributed by atoms with Crippen molar-refractivity contribution >= 4 is 11.5 Å². The molecule has 0 saturated heterocycles. The van der Waals surface area contributed by atoms with Gasteiger partial charge in [0.05, 0.1) is 0 Å². The Morgan fingerprint density at radius 2 is 2.20 bits per heavy atom. The van der Waals surface area contributed by atoms with Gasteiger partial charge in [-0.25, -0.2) is 0 Å². The standard InChI is InChI=1S/C13H19NO/c1-4-6-10(2)14-13-8-5-7-12(9-13)11(3)15/h5,7-10,14H,4,6H2,1-3H3. The van der Waals surface area contributed by atoms with Crippen LogP contribution >= 0.6 is 0 Å². The van der Waals surface area contributed by atoms with Gasteiger partial charge < -0.3 is 5.32 Å². The van der Waals surface area contributed by atoms with Gasteiger partial charge in [-0.05, 0) is 32.4 Å². The second kappa shape index (κ2) is 5.54. The molecule has 0 spiro atoms. The smallest absolute Gasteiger partial charge is 0.159 e. The molecule has 0 fully saturated rings. The molecule has 1 atom stereocenters. The van der Waals surface area contributed by atoms with Gasteiger partial charge in [-0.1, -0.05) is 25.5 Å². The van der Waals surface area contributed by atoms with E-state index in [1.54, 1.807) is 6.92 Å². The topological polar surface area (TPSA) is 29.1 Å². The molecule has 2 heteroatoms. The van der Waals surface area contributed by atoms with E-state index in [0.29, 0.717) is 6.04 Å². The average molecular weight is 205 g/mol. The Hall–Kier alpha value is -1.31. The number of carbonyl (C=O) groups excluding carboxylic acids is 1. The minimum Gasteiger partial charge on any atom is -0.383 e. The average Bonchev–Trinajstić information content (AvgIpc) is 2.18. The first-order valence-corrected chi connectivity index (χ1v) is 5.51. The fraction of sp³-hybridized carbons (Fsp3) is 0.462. The lowest BCUT2D eigenvalue weighted by Crippen LogP contribution is -2.14. The lowest BCUT2D eigenvalue weighted by atomic mass is 10.1. The third kappa shape index (κ3) is 3.74. The van der Waals surface area contributed by atoms with Crippen molar-refractivity contribution in [1.29, 1.82) is 0 Å². The Morgan fingerprint density at radius 1 is 1.47 bits per heavy atom. The monoisotopic (exact) mass is 205 g/mol. The Morgan fingerprint density at radius 3 is 2.80 bits per heavy atom. The molecule has 0 aliphatic rings. The molecular formula is C13H19NO. The van der Waals surface area contributed by atoms with Gasteiger partial charge in [0.25, 0.3) is 0 Å². The lowest BCUT2D eigenvalue weighted by Gasteiger charge is -2.14. The van der Waals surface area contributed by atoms with Gasteiger partial charge in [-0.15, -0.1) is 0 Å². The SMILES string of the molecule is CCCC(C)Nc1cccc(C(C)=O)c1. The van der Waals surface area contributed by atoms with Gasteiger partial charge in [0.2, 0.25) is 0 Å². The molecule has 0 heterocycles. The van der Waals surface area contributed by atoms with E-state index in [1.807, 2.05) is 24.3 Å². The van der Waals surface area contributed by atoms with E-state index in [-0.39, 0.29) is 5.78 Å². The third-order valence-corrected chi connectivity index (χ3v) is 2.40. The minimum absolute atomic E-state index is 0.113. The maximum Gasteiger partial charge on any atom is 0.159 e. The lowest BCUT2D eigenvalue weighted by molar-refractivity contribution is 0.101. The van der Waals surface area contributed by atoms with Crippen LogP contribution in [0.2, 0.25) is 0 Å². The predicted octanol–water partition coefficient (Wildman–Crippen LogP) is 3.49. The summed E-state index contributed by atoms with van der Waals surface area (Å²) in [7, 11) is 0. The number of hydrogen-bond acceptors (Lipinski definition) is 2. The zero-order valence-electron chi connectivity index (χ0n) is 9.71. The molecule has 1 aromatic rings. The van der Waals surface area contributed by atoms with E-state index in [9.17, 15) is 4.79 Å². The first-order chi connectivity index (χ1) is 7.13. The fourth-order valence-electron chi connectivity index (χ4n) is 1.62. The number of carbonyl (C=O) groups is 1. The van der Waals surface area contributed by atoms with Gasteiger partial charge >= 0.3 is 0 Å². The highest BCUT2D eigenvalue weighted by molar-refractivity contribution is 5.94. The van der Waals surface area contributed by atoms with Crippen LogP contribution < -0.4 is 5.32 Å². The van der Waals surface area contributed by atoms with E-state index in [1.165, 1.54) is 6.42 Å². The maximum absolute atomic E-state index is 11.2. The first-order valence-electron chi connectivity index (χ1n) is 5.51. The number of ketones is 1. The summed E-state index contributed by atoms with van der Waals surface area (Å²) in [4.78, 5) is 11.2. The molecule has 0 amide bonds. The summed E-state index contributed by atoms with van der Waals surface area (Å²) < 4.78 is 0. The zero-order valence-corrected chi connectivity index (χ0v) is 9.71. The van der Waals surface area contributed by atoms with E-state index >= 15 is 0 Å². The molecule has 82 valence electrons. The summed E-state index contributed by atoms with van der Waals surface area (Å²) >= 11 is 0. The number of rotatable bonds is 5. The van der Waals surface area contributed by atoms with Crippen LogP contribution in [0.25, 0.3) is 0 Å². The molecule has 0 aliphatic carbocycles. The van der Waals surface area contributed by atoms with Crippen molar-refractivity contribution in [3.63, 3.8) is 0 Å². The van der Waals surface area contributed by atoms with E-state index in [0.717, 1.165) is 17.7 Å². The van der Waals surface area contributed by atoms with Gasteiger partial charge in [0.1, 0.15) is 0 Å². The number of Topliss-reactive ketones (excluding diaryl/α,β-unsaturated/α-hetero) is 1. The molecule has 2 nitrogen and oxygen atoms in total. The molecule has 0 bridgehead atoms. The second-order valence-corrected chi connectivity index (χ2v) is 3.97. The minimum atomic E-state index is 0.113. The Bertz CT molecular complexity index is 333. The van der Waals surface area contributed by atoms with Crippen LogP contribution in [0.15, 0.2) is 24.3 Å². The van der Waals surface area contributed by atoms with Gasteiger partial charge in [0.15, 0.2) is 5.78 Å². The molecule has 1 rings (SSSR count). The summed E-state index contributed by atoms with van der Waals surface area (Å²) in [5.41, 5.74) is 1.80. The van der Waals surface area contributed by atoms with Crippen LogP contribution in [0.3, 0.4) is 0 Å². The van der Waals surface area contributed by atoms with Gasteiger partial charge in [0, 0.05) is 17.3 Å². The summed E-state index contributed by atoms with van der Waals surface area (Å²) in [5.74, 6) is 0.113. The largest absolute Gasteiger partial charge is 0.383 e. The number of nitrogens with one attached hydrogen (secondary N) is 1. The molecule has 15 heavy (non-hydrogen) atoms. The second-order valence-electron chi connectivity index (χ2n) is 3.97. The van der Waals surface area contributed by atoms with Crippen molar-refractivity contribution in [1.82, 2.24) is 0 Å². The predicted molar refractivity (Wildman–Crippen MR) is 64.4 cm³/mol. The van der Waals surface area contributed by atoms with Crippen molar-refractivity contribution in [2.45, 2.75) is 39.7 Å². The molecular weight excluding hydrogens is 186 g/mol. The maximum atomic E-state index is 11.2. The highest BCUT2D eigenvalue weighted by Crippen LogP contribution is 2.13. The Labute approximate surface area is 91.7 Å². The number of anilines is 1. The van der Waals surface area contributed by atoms with E-state index in [2.05, 4.69) is 19.2 Å². The fourth-order valence-corrected chi connectivity index (χ4v) is 1.62. The molecule has 0 aliphatic heterocycles. The molecule has 1 aromatic carbocycles. The number of hydrogen-bond donors (Lipinski definition) is 1. The summed E-state index contributed by atoms with van der Waals surface area (Å²) in [5, 5.41) is 3.39. The van der Waals surface area contributed by atoms with Crippen LogP contribution in [0.5, 0.6) is 0 Å². The van der Waals surface area contributed by atoms with Crippen molar-refractivity contribution in [2.75, 3.05) is 5.32 Å². The van der Waals surface area contributed by atoms with Crippen LogP contribution in [0, 0.1) is 0 Å². The molecule has 0 saturated carbocycles. The molecule has 0 aromatic heterocycles. The van der Waals surface area contributed by atoms with Crippen molar-refractivity contribution in [3.05, 3.63) is 29.8 Å². The van der Waals surface area contributed by atoms with Crippen LogP contribution in [0.4, 0.5) is 5.69 Å². The Kier molecular flexibility index (Phi) is 4.35. The summed E-state index contributed by atoms with van der Waals surface area (Å²) in [6, 6.07) is 8.13. The summed E-state index contributed by atoms with van der Waals surface area (Å²) in [6.07, 6.45) is 2.31. The molecule has 0 radical (unpaired) electrons.